The molecule has 2 fully saturated rings. The molecule has 37 heavy (non-hydrogen) atoms. The molecule has 2 aromatic carbocycles. The van der Waals surface area contributed by atoms with Crippen molar-refractivity contribution >= 4 is 17.5 Å². The minimum Gasteiger partial charge on any atom is -0.376 e. The summed E-state index contributed by atoms with van der Waals surface area (Å²) in [5.41, 5.74) is 6.22. The Morgan fingerprint density at radius 1 is 1.16 bits per heavy atom. The smallest absolute Gasteiger partial charge is 0.228 e. The van der Waals surface area contributed by atoms with E-state index in [9.17, 15) is 18.8 Å². The molecule has 4 rings (SSSR count). The fourth-order valence-corrected chi connectivity index (χ4v) is 5.82. The van der Waals surface area contributed by atoms with Crippen molar-refractivity contribution in [3.8, 4) is 0 Å². The van der Waals surface area contributed by atoms with E-state index in [1.165, 1.54) is 12.1 Å². The van der Waals surface area contributed by atoms with Gasteiger partial charge in [-0.1, -0.05) is 42.5 Å². The van der Waals surface area contributed by atoms with Gasteiger partial charge >= 0.3 is 0 Å². The molecular formula is C30H37FN2O4. The van der Waals surface area contributed by atoms with E-state index in [-0.39, 0.29) is 42.2 Å². The molecule has 1 heterocycles. The molecule has 2 aliphatic rings. The summed E-state index contributed by atoms with van der Waals surface area (Å²) in [7, 11) is 0. The summed E-state index contributed by atoms with van der Waals surface area (Å²) < 4.78 is 19.5. The van der Waals surface area contributed by atoms with E-state index in [4.69, 9.17) is 10.5 Å². The van der Waals surface area contributed by atoms with Gasteiger partial charge in [0.1, 0.15) is 11.6 Å². The van der Waals surface area contributed by atoms with Crippen molar-refractivity contribution in [1.29, 1.82) is 0 Å². The number of nitrogens with two attached hydrogens (primary N) is 1. The van der Waals surface area contributed by atoms with Crippen molar-refractivity contribution in [1.82, 2.24) is 4.90 Å². The number of likely N-dealkylation sites (tertiary alicyclic amines) is 1. The van der Waals surface area contributed by atoms with Gasteiger partial charge in [0.2, 0.25) is 5.91 Å². The molecule has 7 heteroatoms. The van der Waals surface area contributed by atoms with Crippen molar-refractivity contribution < 1.29 is 23.5 Å². The summed E-state index contributed by atoms with van der Waals surface area (Å²) >= 11 is 0. The molecule has 1 spiro atoms. The highest BCUT2D eigenvalue weighted by Crippen LogP contribution is 2.52. The topological polar surface area (TPSA) is 89.7 Å². The molecule has 1 amide bonds. The van der Waals surface area contributed by atoms with Crippen molar-refractivity contribution in [2.24, 2.45) is 17.1 Å². The van der Waals surface area contributed by atoms with Gasteiger partial charge in [0.05, 0.1) is 30.1 Å². The predicted molar refractivity (Wildman–Crippen MR) is 139 cm³/mol. The van der Waals surface area contributed by atoms with Gasteiger partial charge in [0.25, 0.3) is 0 Å². The van der Waals surface area contributed by atoms with Crippen LogP contribution in [0.5, 0.6) is 0 Å². The van der Waals surface area contributed by atoms with Crippen LogP contribution >= 0.6 is 0 Å². The van der Waals surface area contributed by atoms with Gasteiger partial charge in [-0.15, -0.1) is 0 Å². The normalized spacial score (nSPS) is 22.9. The first kappa shape index (κ1) is 27.1. The summed E-state index contributed by atoms with van der Waals surface area (Å²) in [6.45, 7) is 4.54. The second-order valence-electron chi connectivity index (χ2n) is 11.1. The summed E-state index contributed by atoms with van der Waals surface area (Å²) in [4.78, 5) is 41.7. The molecule has 1 saturated carbocycles. The van der Waals surface area contributed by atoms with Gasteiger partial charge in [-0.05, 0) is 62.3 Å². The second kappa shape index (κ2) is 11.2. The molecule has 1 aliphatic heterocycles. The van der Waals surface area contributed by atoms with Crippen molar-refractivity contribution in [2.45, 2.75) is 64.0 Å². The number of piperidine rings is 1. The van der Waals surface area contributed by atoms with Crippen LogP contribution in [0.2, 0.25) is 0 Å². The highest BCUT2D eigenvalue weighted by Gasteiger charge is 2.53. The van der Waals surface area contributed by atoms with Crippen molar-refractivity contribution in [3.05, 3.63) is 71.5 Å². The van der Waals surface area contributed by atoms with E-state index in [1.807, 2.05) is 30.3 Å². The molecule has 1 saturated heterocycles. The monoisotopic (exact) mass is 508 g/mol. The lowest BCUT2D eigenvalue weighted by atomic mass is 9.68. The number of nitrogens with zero attached hydrogens (tertiary/aromatic N) is 1. The van der Waals surface area contributed by atoms with E-state index in [0.717, 1.165) is 11.1 Å². The van der Waals surface area contributed by atoms with Crippen LogP contribution in [0.15, 0.2) is 54.6 Å². The zero-order valence-corrected chi connectivity index (χ0v) is 21.8. The number of ketones is 2. The lowest BCUT2D eigenvalue weighted by molar-refractivity contribution is -0.146. The maximum absolute atomic E-state index is 13.8. The Kier molecular flexibility index (Phi) is 8.24. The number of halogens is 1. The van der Waals surface area contributed by atoms with Crippen molar-refractivity contribution in [3.63, 3.8) is 0 Å². The quantitative estimate of drug-likeness (QED) is 0.542. The van der Waals surface area contributed by atoms with E-state index >= 15 is 0 Å². The molecule has 3 atom stereocenters. The Balaban J connectivity index is 1.52. The fourth-order valence-electron chi connectivity index (χ4n) is 5.82. The van der Waals surface area contributed by atoms with Crippen LogP contribution in [0.4, 0.5) is 4.39 Å². The van der Waals surface area contributed by atoms with Gasteiger partial charge in [-0.2, -0.15) is 0 Å². The van der Waals surface area contributed by atoms with E-state index in [0.29, 0.717) is 45.4 Å². The third-order valence-corrected chi connectivity index (χ3v) is 7.92. The third kappa shape index (κ3) is 6.16. The molecule has 198 valence electrons. The molecule has 2 N–H and O–H groups in total. The van der Waals surface area contributed by atoms with Crippen LogP contribution in [-0.4, -0.2) is 47.6 Å². The van der Waals surface area contributed by atoms with Gasteiger partial charge in [0, 0.05) is 25.9 Å². The highest BCUT2D eigenvalue weighted by atomic mass is 19.1. The minimum absolute atomic E-state index is 0.0179. The molecule has 1 aliphatic carbocycles. The van der Waals surface area contributed by atoms with Crippen molar-refractivity contribution in [2.75, 3.05) is 19.7 Å². The lowest BCUT2D eigenvalue weighted by Gasteiger charge is -2.44. The highest BCUT2D eigenvalue weighted by molar-refractivity contribution is 5.93. The Bertz CT molecular complexity index is 1110. The number of hydrogen-bond acceptors (Lipinski definition) is 5. The summed E-state index contributed by atoms with van der Waals surface area (Å²) in [5.74, 6) is -1.28. The fraction of sp³-hybridized carbons (Fsp3) is 0.500. The number of benzene rings is 2. The number of hydrogen-bond donors (Lipinski definition) is 1. The number of carbonyl (C=O) groups is 3. The lowest BCUT2D eigenvalue weighted by Crippen LogP contribution is -2.53. The molecule has 0 radical (unpaired) electrons. The number of Topliss-reactive ketones (excluding diaryl/α,β-unsaturated/α-hetero) is 2. The van der Waals surface area contributed by atoms with Crippen LogP contribution in [0.3, 0.4) is 0 Å². The third-order valence-electron chi connectivity index (χ3n) is 7.92. The van der Waals surface area contributed by atoms with E-state index in [1.54, 1.807) is 30.9 Å². The molecular weight excluding hydrogens is 471 g/mol. The van der Waals surface area contributed by atoms with E-state index < -0.39 is 16.9 Å². The average molecular weight is 509 g/mol. The maximum atomic E-state index is 13.8. The van der Waals surface area contributed by atoms with Crippen LogP contribution in [0.1, 0.15) is 63.0 Å². The zero-order valence-electron chi connectivity index (χ0n) is 21.8. The van der Waals surface area contributed by atoms with Gasteiger partial charge < -0.3 is 15.4 Å². The number of ether oxygens (including phenoxy) is 1. The van der Waals surface area contributed by atoms with Crippen LogP contribution < -0.4 is 5.73 Å². The number of amides is 1. The largest absolute Gasteiger partial charge is 0.376 e. The summed E-state index contributed by atoms with van der Waals surface area (Å²) in [6.07, 6.45) is 2.52. The minimum atomic E-state index is -1.06. The molecule has 0 aromatic heterocycles. The number of carbonyl (C=O) groups excluding carboxylic acids is 3. The molecule has 6 nitrogen and oxygen atoms in total. The van der Waals surface area contributed by atoms with Crippen LogP contribution in [0, 0.1) is 17.2 Å². The maximum Gasteiger partial charge on any atom is 0.228 e. The molecule has 2 aromatic rings. The first-order valence-corrected chi connectivity index (χ1v) is 13.1. The van der Waals surface area contributed by atoms with Crippen LogP contribution in [-0.2, 0) is 25.7 Å². The Morgan fingerprint density at radius 3 is 2.54 bits per heavy atom. The van der Waals surface area contributed by atoms with Gasteiger partial charge in [-0.3, -0.25) is 14.4 Å². The Labute approximate surface area is 218 Å². The Morgan fingerprint density at radius 2 is 1.86 bits per heavy atom. The SMILES string of the molecule is CC(C)(N)C(=O)C[C@H](COCc1ccccc1)C(=O)N1CCCC2(C1)C(=O)CCC2c1ccc(F)cc1. The first-order valence-electron chi connectivity index (χ1n) is 13.1. The van der Waals surface area contributed by atoms with Crippen LogP contribution in [0.25, 0.3) is 0 Å². The Hall–Kier alpha value is -2.90. The van der Waals surface area contributed by atoms with Gasteiger partial charge in [0.15, 0.2) is 5.78 Å². The van der Waals surface area contributed by atoms with Gasteiger partial charge in [-0.25, -0.2) is 4.39 Å². The number of rotatable bonds is 9. The zero-order chi connectivity index (χ0) is 26.6. The average Bonchev–Trinajstić information content (AvgIpc) is 3.18. The standard InChI is InChI=1S/C30H37FN2O4/c1-29(2,32)27(35)17-23(19-37-18-21-7-4-3-5-8-21)28(36)33-16-6-15-30(20-33)25(13-14-26(30)34)22-9-11-24(31)12-10-22/h3-5,7-12,23,25H,6,13-20,32H2,1-2H3/t23-,25?,30?/m1/s1. The molecule has 0 bridgehead atoms. The second-order valence-corrected chi connectivity index (χ2v) is 11.1. The first-order chi connectivity index (χ1) is 17.6. The summed E-state index contributed by atoms with van der Waals surface area (Å²) in [5, 5.41) is 0. The van der Waals surface area contributed by atoms with E-state index in [2.05, 4.69) is 0 Å². The predicted octanol–water partition coefficient (Wildman–Crippen LogP) is 4.41. The molecule has 2 unspecified atom stereocenters. The summed E-state index contributed by atoms with van der Waals surface area (Å²) in [6, 6.07) is 16.0.